The Balaban J connectivity index is 1.83. The number of nitrogens with zero attached hydrogens (tertiary/aromatic N) is 1. The number of aromatic nitrogens is 2. The molecule has 1 amide bonds. The maximum atomic E-state index is 12.8. The minimum Gasteiger partial charge on any atom is -0.469 e. The molecule has 0 bridgehead atoms. The van der Waals surface area contributed by atoms with Crippen LogP contribution in [0.25, 0.3) is 5.69 Å². The molecule has 0 radical (unpaired) electrons. The van der Waals surface area contributed by atoms with Crippen LogP contribution < -0.4 is 11.0 Å². The summed E-state index contributed by atoms with van der Waals surface area (Å²) in [5.74, 6) is -0.837. The molecule has 0 aliphatic carbocycles. The molecule has 3 aromatic rings. The first-order valence-electron chi connectivity index (χ1n) is 8.90. The molecule has 150 valence electrons. The average Bonchev–Trinajstić information content (AvgIpc) is 3.06. The number of imidazole rings is 1. The number of halogens is 1. The first-order chi connectivity index (χ1) is 13.9. The highest BCUT2D eigenvalue weighted by atomic mass is 35.5. The second-order valence-corrected chi connectivity index (χ2v) is 6.85. The Labute approximate surface area is 172 Å². The van der Waals surface area contributed by atoms with Gasteiger partial charge >= 0.3 is 11.7 Å². The summed E-state index contributed by atoms with van der Waals surface area (Å²) in [5.41, 5.74) is 2.15. The number of nitrogens with one attached hydrogen (secondary N) is 2. The van der Waals surface area contributed by atoms with Gasteiger partial charge in [0.2, 0.25) is 0 Å². The van der Waals surface area contributed by atoms with Crippen molar-refractivity contribution in [1.29, 1.82) is 0 Å². The highest BCUT2D eigenvalue weighted by Gasteiger charge is 2.21. The molecular weight excluding hydrogens is 394 g/mol. The Bertz CT molecular complexity index is 1090. The number of carbonyl (C=O) groups is 2. The normalized spacial score (nSPS) is 11.7. The number of benzene rings is 2. The lowest BCUT2D eigenvalue weighted by Gasteiger charge is -2.19. The topological polar surface area (TPSA) is 93.2 Å². The molecule has 7 nitrogen and oxygen atoms in total. The SMILES string of the molecule is COC(=O)CC(NC(=O)c1ccc(-n2c(C)c[nH]c2=O)cc1)c1ccccc1Cl. The summed E-state index contributed by atoms with van der Waals surface area (Å²) in [6.07, 6.45) is 1.56. The molecule has 1 heterocycles. The fraction of sp³-hybridized carbons (Fsp3) is 0.190. The zero-order valence-electron chi connectivity index (χ0n) is 15.9. The van der Waals surface area contributed by atoms with Gasteiger partial charge in [0.1, 0.15) is 0 Å². The van der Waals surface area contributed by atoms with Gasteiger partial charge in [0.05, 0.1) is 25.3 Å². The van der Waals surface area contributed by atoms with E-state index in [1.54, 1.807) is 61.7 Å². The number of carbonyl (C=O) groups excluding carboxylic acids is 2. The van der Waals surface area contributed by atoms with Crippen LogP contribution in [0.5, 0.6) is 0 Å². The van der Waals surface area contributed by atoms with Gasteiger partial charge in [-0.3, -0.25) is 14.2 Å². The molecule has 0 aliphatic rings. The molecule has 1 atom stereocenters. The van der Waals surface area contributed by atoms with Gasteiger partial charge < -0.3 is 15.0 Å². The molecular formula is C21H20ClN3O4. The molecule has 1 aromatic heterocycles. The van der Waals surface area contributed by atoms with E-state index in [-0.39, 0.29) is 18.0 Å². The maximum Gasteiger partial charge on any atom is 0.330 e. The van der Waals surface area contributed by atoms with Crippen molar-refractivity contribution in [3.05, 3.63) is 87.1 Å². The third kappa shape index (κ3) is 4.57. The molecule has 0 fully saturated rings. The van der Waals surface area contributed by atoms with Crippen LogP contribution in [0.4, 0.5) is 0 Å². The van der Waals surface area contributed by atoms with Crippen molar-refractivity contribution in [2.24, 2.45) is 0 Å². The summed E-state index contributed by atoms with van der Waals surface area (Å²) < 4.78 is 6.25. The Morgan fingerprint density at radius 2 is 1.86 bits per heavy atom. The number of hydrogen-bond donors (Lipinski definition) is 2. The van der Waals surface area contributed by atoms with Gasteiger partial charge in [0.25, 0.3) is 5.91 Å². The third-order valence-corrected chi connectivity index (χ3v) is 4.88. The number of ether oxygens (including phenoxy) is 1. The van der Waals surface area contributed by atoms with E-state index in [0.29, 0.717) is 21.8 Å². The standard InChI is InChI=1S/C21H20ClN3O4/c1-13-12-23-21(28)25(13)15-9-7-14(8-10-15)20(27)24-18(11-19(26)29-2)16-5-3-4-6-17(16)22/h3-10,12,18H,11H2,1-2H3,(H,23,28)(H,24,27). The van der Waals surface area contributed by atoms with E-state index in [1.807, 2.05) is 0 Å². The molecule has 3 rings (SSSR count). The van der Waals surface area contributed by atoms with Crippen molar-refractivity contribution in [3.8, 4) is 5.69 Å². The van der Waals surface area contributed by atoms with E-state index < -0.39 is 12.0 Å². The first-order valence-corrected chi connectivity index (χ1v) is 9.28. The zero-order chi connectivity index (χ0) is 21.0. The largest absolute Gasteiger partial charge is 0.469 e. The van der Waals surface area contributed by atoms with Crippen LogP contribution in [-0.4, -0.2) is 28.5 Å². The fourth-order valence-corrected chi connectivity index (χ4v) is 3.29. The number of rotatable bonds is 6. The summed E-state index contributed by atoms with van der Waals surface area (Å²) in [6, 6.07) is 13.0. The summed E-state index contributed by atoms with van der Waals surface area (Å²) >= 11 is 6.24. The van der Waals surface area contributed by atoms with Crippen LogP contribution in [0, 0.1) is 6.92 Å². The number of aryl methyl sites for hydroxylation is 1. The van der Waals surface area contributed by atoms with Crippen molar-refractivity contribution < 1.29 is 14.3 Å². The third-order valence-electron chi connectivity index (χ3n) is 4.53. The van der Waals surface area contributed by atoms with Gasteiger partial charge in [-0.15, -0.1) is 0 Å². The molecule has 8 heteroatoms. The van der Waals surface area contributed by atoms with Gasteiger partial charge in [-0.05, 0) is 42.8 Å². The number of hydrogen-bond acceptors (Lipinski definition) is 4. The van der Waals surface area contributed by atoms with E-state index in [4.69, 9.17) is 16.3 Å². The van der Waals surface area contributed by atoms with Crippen molar-refractivity contribution >= 4 is 23.5 Å². The van der Waals surface area contributed by atoms with Crippen LogP contribution in [0.1, 0.15) is 34.1 Å². The average molecular weight is 414 g/mol. The van der Waals surface area contributed by atoms with Crippen LogP contribution >= 0.6 is 11.6 Å². The van der Waals surface area contributed by atoms with Gasteiger partial charge in [-0.2, -0.15) is 0 Å². The number of amides is 1. The van der Waals surface area contributed by atoms with Gasteiger partial charge in [-0.25, -0.2) is 4.79 Å². The minimum atomic E-state index is -0.641. The molecule has 0 aliphatic heterocycles. The number of H-pyrrole nitrogens is 1. The van der Waals surface area contributed by atoms with Crippen molar-refractivity contribution in [1.82, 2.24) is 14.9 Å². The Morgan fingerprint density at radius 3 is 2.45 bits per heavy atom. The van der Waals surface area contributed by atoms with E-state index in [9.17, 15) is 14.4 Å². The van der Waals surface area contributed by atoms with Gasteiger partial charge in [0.15, 0.2) is 0 Å². The zero-order valence-corrected chi connectivity index (χ0v) is 16.7. The van der Waals surface area contributed by atoms with E-state index in [0.717, 1.165) is 5.69 Å². The van der Waals surface area contributed by atoms with Crippen LogP contribution in [0.15, 0.2) is 59.5 Å². The second-order valence-electron chi connectivity index (χ2n) is 6.45. The number of aromatic amines is 1. The van der Waals surface area contributed by atoms with E-state index >= 15 is 0 Å². The first kappa shape index (κ1) is 20.4. The van der Waals surface area contributed by atoms with Crippen molar-refractivity contribution in [2.45, 2.75) is 19.4 Å². The fourth-order valence-electron chi connectivity index (χ4n) is 3.03. The summed E-state index contributed by atoms with van der Waals surface area (Å²) in [7, 11) is 1.29. The van der Waals surface area contributed by atoms with Gasteiger partial charge in [0, 0.05) is 22.5 Å². The van der Waals surface area contributed by atoms with Crippen LogP contribution in [-0.2, 0) is 9.53 Å². The summed E-state index contributed by atoms with van der Waals surface area (Å²) in [5, 5.41) is 3.28. The van der Waals surface area contributed by atoms with Crippen LogP contribution in [0.2, 0.25) is 5.02 Å². The summed E-state index contributed by atoms with van der Waals surface area (Å²) in [4.78, 5) is 39.1. The maximum absolute atomic E-state index is 12.8. The van der Waals surface area contributed by atoms with Crippen molar-refractivity contribution in [2.75, 3.05) is 7.11 Å². The minimum absolute atomic E-state index is 0.0536. The monoisotopic (exact) mass is 413 g/mol. The predicted octanol–water partition coefficient (Wildman–Crippen LogP) is 3.16. The molecule has 1 unspecified atom stereocenters. The molecule has 0 saturated carbocycles. The quantitative estimate of drug-likeness (QED) is 0.607. The predicted molar refractivity (Wildman–Crippen MR) is 109 cm³/mol. The molecule has 2 aromatic carbocycles. The number of esters is 1. The Kier molecular flexibility index (Phi) is 6.19. The lowest BCUT2D eigenvalue weighted by molar-refractivity contribution is -0.141. The molecule has 0 saturated heterocycles. The van der Waals surface area contributed by atoms with Crippen LogP contribution in [0.3, 0.4) is 0 Å². The highest BCUT2D eigenvalue weighted by Crippen LogP contribution is 2.26. The Hall–Kier alpha value is -3.32. The van der Waals surface area contributed by atoms with Gasteiger partial charge in [-0.1, -0.05) is 29.8 Å². The molecule has 0 spiro atoms. The Morgan fingerprint density at radius 1 is 1.17 bits per heavy atom. The lowest BCUT2D eigenvalue weighted by atomic mass is 10.0. The smallest absolute Gasteiger partial charge is 0.330 e. The molecule has 29 heavy (non-hydrogen) atoms. The number of methoxy groups -OCH3 is 1. The molecule has 2 N–H and O–H groups in total. The second kappa shape index (κ2) is 8.79. The van der Waals surface area contributed by atoms with E-state index in [1.165, 1.54) is 11.7 Å². The highest BCUT2D eigenvalue weighted by molar-refractivity contribution is 6.31. The summed E-state index contributed by atoms with van der Waals surface area (Å²) in [6.45, 7) is 1.81. The lowest BCUT2D eigenvalue weighted by Crippen LogP contribution is -2.30. The van der Waals surface area contributed by atoms with E-state index in [2.05, 4.69) is 10.3 Å². The van der Waals surface area contributed by atoms with Crippen molar-refractivity contribution in [3.63, 3.8) is 0 Å².